The van der Waals surface area contributed by atoms with E-state index in [1.165, 1.54) is 4.90 Å². The molecule has 2 aromatic carbocycles. The molecule has 3 aliphatic rings. The molecule has 0 radical (unpaired) electrons. The fraction of sp³-hybridized carbons (Fsp3) is 0.424. The Labute approximate surface area is 252 Å². The summed E-state index contributed by atoms with van der Waals surface area (Å²) >= 11 is 6.15. The van der Waals surface area contributed by atoms with Gasteiger partial charge < -0.3 is 24.5 Å². The minimum Gasteiger partial charge on any atom is -0.394 e. The van der Waals surface area contributed by atoms with Crippen molar-refractivity contribution in [2.24, 2.45) is 11.8 Å². The largest absolute Gasteiger partial charge is 0.394 e. The number of carbonyl (C=O) groups is 3. The number of hydrogen-bond acceptors (Lipinski definition) is 5. The summed E-state index contributed by atoms with van der Waals surface area (Å²) in [4.78, 5) is 48.2. The molecule has 3 amide bonds. The molecule has 2 bridgehead atoms. The van der Waals surface area contributed by atoms with Crippen LogP contribution < -0.4 is 4.90 Å². The minimum absolute atomic E-state index is 0.179. The van der Waals surface area contributed by atoms with Crippen LogP contribution >= 0.6 is 11.6 Å². The lowest BCUT2D eigenvalue weighted by molar-refractivity contribution is -0.153. The molecule has 5 rings (SSSR count). The minimum atomic E-state index is -1.24. The smallest absolute Gasteiger partial charge is 0.253 e. The maximum Gasteiger partial charge on any atom is 0.253 e. The Morgan fingerprint density at radius 3 is 2.36 bits per heavy atom. The summed E-state index contributed by atoms with van der Waals surface area (Å²) in [6.07, 6.45) is 4.77. The molecular weight excluding hydrogens is 554 g/mol. The molecule has 222 valence electrons. The van der Waals surface area contributed by atoms with Gasteiger partial charge in [-0.15, -0.1) is 13.2 Å². The molecule has 6 atom stereocenters. The highest BCUT2D eigenvalue weighted by molar-refractivity contribution is 6.30. The number of ether oxygens (including phenoxy) is 1. The molecule has 3 fully saturated rings. The highest BCUT2D eigenvalue weighted by Gasteiger charge is 2.79. The van der Waals surface area contributed by atoms with Crippen LogP contribution in [0.25, 0.3) is 0 Å². The average molecular weight is 592 g/mol. The van der Waals surface area contributed by atoms with Crippen LogP contribution in [0.5, 0.6) is 0 Å². The van der Waals surface area contributed by atoms with Gasteiger partial charge in [0.15, 0.2) is 0 Å². The van der Waals surface area contributed by atoms with E-state index in [-0.39, 0.29) is 24.3 Å². The van der Waals surface area contributed by atoms with Crippen molar-refractivity contribution in [3.05, 3.63) is 90.5 Å². The van der Waals surface area contributed by atoms with E-state index in [2.05, 4.69) is 13.2 Å². The third-order valence-corrected chi connectivity index (χ3v) is 9.56. The van der Waals surface area contributed by atoms with Crippen LogP contribution in [0.2, 0.25) is 5.02 Å². The fourth-order valence-electron chi connectivity index (χ4n) is 7.42. The number of fused-ring (bicyclic) bond motifs is 1. The second kappa shape index (κ2) is 11.7. The van der Waals surface area contributed by atoms with Gasteiger partial charge in [0.2, 0.25) is 11.8 Å². The summed E-state index contributed by atoms with van der Waals surface area (Å²) in [5, 5.41) is 11.3. The van der Waals surface area contributed by atoms with E-state index in [4.69, 9.17) is 16.3 Å². The third kappa shape index (κ3) is 4.57. The van der Waals surface area contributed by atoms with E-state index < -0.39 is 41.7 Å². The maximum atomic E-state index is 14.8. The second-order valence-corrected chi connectivity index (χ2v) is 11.8. The summed E-state index contributed by atoms with van der Waals surface area (Å²) in [6, 6.07) is 14.2. The molecule has 2 unspecified atom stereocenters. The van der Waals surface area contributed by atoms with Crippen LogP contribution in [0.1, 0.15) is 37.8 Å². The summed E-state index contributed by atoms with van der Waals surface area (Å²) in [6.45, 7) is 9.69. The molecule has 0 aliphatic carbocycles. The topological polar surface area (TPSA) is 90.4 Å². The average Bonchev–Trinajstić information content (AvgIpc) is 3.61. The number of hydrogen-bond donors (Lipinski definition) is 1. The Balaban J connectivity index is 1.68. The van der Waals surface area contributed by atoms with Crippen LogP contribution in [-0.2, 0) is 19.1 Å². The van der Waals surface area contributed by atoms with E-state index in [1.807, 2.05) is 37.3 Å². The molecule has 8 nitrogen and oxygen atoms in total. The van der Waals surface area contributed by atoms with Crippen molar-refractivity contribution in [1.29, 1.82) is 0 Å². The molecule has 9 heteroatoms. The number of rotatable bonds is 11. The molecule has 42 heavy (non-hydrogen) atoms. The monoisotopic (exact) mass is 591 g/mol. The van der Waals surface area contributed by atoms with Gasteiger partial charge in [0, 0.05) is 30.8 Å². The van der Waals surface area contributed by atoms with Gasteiger partial charge in [-0.2, -0.15) is 0 Å². The highest BCUT2D eigenvalue weighted by Crippen LogP contribution is 2.65. The Bertz CT molecular complexity index is 1370. The predicted molar refractivity (Wildman–Crippen MR) is 162 cm³/mol. The van der Waals surface area contributed by atoms with Gasteiger partial charge in [0.05, 0.1) is 30.1 Å². The van der Waals surface area contributed by atoms with Crippen molar-refractivity contribution in [2.45, 2.75) is 49.5 Å². The summed E-state index contributed by atoms with van der Waals surface area (Å²) < 4.78 is 6.92. The van der Waals surface area contributed by atoms with Crippen molar-refractivity contribution in [1.82, 2.24) is 9.80 Å². The zero-order chi connectivity index (χ0) is 30.2. The number of aliphatic hydroxyl groups is 1. The van der Waals surface area contributed by atoms with E-state index in [9.17, 15) is 19.5 Å². The lowest BCUT2D eigenvalue weighted by Gasteiger charge is -2.39. The van der Waals surface area contributed by atoms with Crippen molar-refractivity contribution in [2.75, 3.05) is 31.6 Å². The van der Waals surface area contributed by atoms with Crippen LogP contribution in [0.3, 0.4) is 0 Å². The van der Waals surface area contributed by atoms with Crippen LogP contribution in [0.4, 0.5) is 5.69 Å². The highest BCUT2D eigenvalue weighted by atomic mass is 35.5. The van der Waals surface area contributed by atoms with Gasteiger partial charge in [-0.25, -0.2) is 0 Å². The lowest BCUT2D eigenvalue weighted by atomic mass is 9.64. The maximum absolute atomic E-state index is 14.8. The van der Waals surface area contributed by atoms with Crippen molar-refractivity contribution >= 4 is 35.0 Å². The first-order chi connectivity index (χ1) is 20.2. The Hall–Kier alpha value is -3.46. The molecule has 3 aliphatic heterocycles. The number of likely N-dealkylation sites (N-methyl/N-ethyl adjacent to an activating group) is 1. The zero-order valence-corrected chi connectivity index (χ0v) is 24.9. The lowest BCUT2D eigenvalue weighted by Crippen LogP contribution is -2.57. The predicted octanol–water partition coefficient (Wildman–Crippen LogP) is 4.39. The fourth-order valence-corrected chi connectivity index (χ4v) is 7.54. The summed E-state index contributed by atoms with van der Waals surface area (Å²) in [5.41, 5.74) is -0.834. The van der Waals surface area contributed by atoms with Crippen LogP contribution in [-0.4, -0.2) is 76.6 Å². The van der Waals surface area contributed by atoms with E-state index in [1.54, 1.807) is 53.3 Å². The van der Waals surface area contributed by atoms with Gasteiger partial charge in [-0.3, -0.25) is 14.4 Å². The SMILES string of the molecule is C=CCN(C)C(=O)[C@@H]1[C@H]2C(=O)N([C@H](CO)c3ccccc3)C(C(=O)N(CC=C)c3ccc(Cl)cc3)C23CC[C@@]1(CC)O3. The molecule has 3 heterocycles. The first-order valence-electron chi connectivity index (χ1n) is 14.4. The Morgan fingerprint density at radius 1 is 1.10 bits per heavy atom. The van der Waals surface area contributed by atoms with Crippen molar-refractivity contribution < 1.29 is 24.2 Å². The molecule has 1 N–H and O–H groups in total. The van der Waals surface area contributed by atoms with Gasteiger partial charge in [-0.05, 0) is 49.1 Å². The van der Waals surface area contributed by atoms with Crippen LogP contribution in [0, 0.1) is 11.8 Å². The number of benzene rings is 2. The Morgan fingerprint density at radius 2 is 1.76 bits per heavy atom. The molecule has 0 aromatic heterocycles. The van der Waals surface area contributed by atoms with Gasteiger partial charge >= 0.3 is 0 Å². The van der Waals surface area contributed by atoms with Gasteiger partial charge in [-0.1, -0.05) is 61.0 Å². The summed E-state index contributed by atoms with van der Waals surface area (Å²) in [5.74, 6) is -2.57. The zero-order valence-electron chi connectivity index (χ0n) is 24.1. The van der Waals surface area contributed by atoms with Gasteiger partial charge in [0.25, 0.3) is 5.91 Å². The quantitative estimate of drug-likeness (QED) is 0.392. The van der Waals surface area contributed by atoms with E-state index in [0.717, 1.165) is 0 Å². The first kappa shape index (κ1) is 30.0. The van der Waals surface area contributed by atoms with Crippen molar-refractivity contribution in [3.63, 3.8) is 0 Å². The molecule has 2 aromatic rings. The first-order valence-corrected chi connectivity index (χ1v) is 14.8. The van der Waals surface area contributed by atoms with Crippen molar-refractivity contribution in [3.8, 4) is 0 Å². The number of likely N-dealkylation sites (tertiary alicyclic amines) is 1. The van der Waals surface area contributed by atoms with E-state index in [0.29, 0.717) is 42.1 Å². The number of anilines is 1. The number of carbonyl (C=O) groups excluding carboxylic acids is 3. The molecule has 3 saturated heterocycles. The number of aliphatic hydroxyl groups excluding tert-OH is 1. The summed E-state index contributed by atoms with van der Waals surface area (Å²) in [7, 11) is 1.69. The third-order valence-electron chi connectivity index (χ3n) is 9.31. The number of nitrogens with zero attached hydrogens (tertiary/aromatic N) is 3. The number of amides is 3. The Kier molecular flexibility index (Phi) is 8.34. The second-order valence-electron chi connectivity index (χ2n) is 11.4. The normalized spacial score (nSPS) is 28.3. The standard InChI is InChI=1S/C33H38ClN3O5/c1-5-19-35(4)29(39)26-27-30(40)37(25(21-38)22-11-9-8-10-12-22)28(33(27)18-17-32(26,7-3)42-33)31(41)36(20-6-2)24-15-13-23(34)14-16-24/h5-6,8-16,25-28,38H,1-2,7,17-21H2,3-4H3/t25-,26+,27+,28?,32-,33?/m1/s1. The molecule has 1 spiro atoms. The molecule has 0 saturated carbocycles. The number of halogens is 1. The van der Waals surface area contributed by atoms with Gasteiger partial charge in [0.1, 0.15) is 11.6 Å². The van der Waals surface area contributed by atoms with Crippen LogP contribution in [0.15, 0.2) is 79.9 Å². The van der Waals surface area contributed by atoms with E-state index >= 15 is 0 Å². The molecular formula is C33H38ClN3O5.